The number of methoxy groups -OCH3 is 1. The summed E-state index contributed by atoms with van der Waals surface area (Å²) >= 11 is 0. The predicted molar refractivity (Wildman–Crippen MR) is 40.0 cm³/mol. The van der Waals surface area contributed by atoms with Crippen molar-refractivity contribution >= 4 is 6.03 Å². The molecule has 0 fully saturated rings. The van der Waals surface area contributed by atoms with E-state index in [-0.39, 0.29) is 6.03 Å². The lowest BCUT2D eigenvalue weighted by Gasteiger charge is -2.13. The molecule has 0 atom stereocenters. The zero-order chi connectivity index (χ0) is 8.69. The van der Waals surface area contributed by atoms with Crippen LogP contribution in [0.2, 0.25) is 0 Å². The minimum atomic E-state index is -0.274. The van der Waals surface area contributed by atoms with Gasteiger partial charge < -0.3 is 10.1 Å². The highest BCUT2D eigenvalue weighted by Crippen LogP contribution is 1.81. The highest BCUT2D eigenvalue weighted by Gasteiger charge is 2.04. The average molecular weight is 162 g/mol. The fourth-order valence-electron chi connectivity index (χ4n) is 0.454. The maximum Gasteiger partial charge on any atom is 0.341 e. The first-order valence-corrected chi connectivity index (χ1v) is 3.27. The van der Waals surface area contributed by atoms with Crippen molar-refractivity contribution in [2.24, 2.45) is 0 Å². The Kier molecular flexibility index (Phi) is 5.50. The maximum absolute atomic E-state index is 10.9. The summed E-state index contributed by atoms with van der Waals surface area (Å²) in [6.07, 6.45) is 0. The Morgan fingerprint density at radius 2 is 2.18 bits per heavy atom. The van der Waals surface area contributed by atoms with Gasteiger partial charge in [0.2, 0.25) is 0 Å². The van der Waals surface area contributed by atoms with Crippen molar-refractivity contribution in [3.8, 4) is 0 Å². The molecule has 11 heavy (non-hydrogen) atoms. The molecule has 0 aliphatic rings. The number of nitrogens with one attached hydrogen (secondary N) is 1. The smallest absolute Gasteiger partial charge is 0.341 e. The second-order valence-electron chi connectivity index (χ2n) is 1.90. The molecule has 0 aliphatic heterocycles. The van der Waals surface area contributed by atoms with Crippen LogP contribution in [-0.2, 0) is 9.57 Å². The fourth-order valence-corrected chi connectivity index (χ4v) is 0.454. The van der Waals surface area contributed by atoms with Crippen molar-refractivity contribution in [2.45, 2.75) is 0 Å². The van der Waals surface area contributed by atoms with E-state index in [1.54, 1.807) is 7.11 Å². The van der Waals surface area contributed by atoms with E-state index >= 15 is 0 Å². The number of hydrogen-bond acceptors (Lipinski definition) is 3. The van der Waals surface area contributed by atoms with E-state index in [4.69, 9.17) is 4.74 Å². The first-order chi connectivity index (χ1) is 5.22. The van der Waals surface area contributed by atoms with Crippen molar-refractivity contribution in [3.63, 3.8) is 0 Å². The van der Waals surface area contributed by atoms with E-state index in [2.05, 4.69) is 10.2 Å². The molecular formula is C6H14N2O3. The molecule has 0 saturated heterocycles. The van der Waals surface area contributed by atoms with Gasteiger partial charge in [0, 0.05) is 20.7 Å². The maximum atomic E-state index is 10.9. The molecule has 5 heteroatoms. The Hall–Kier alpha value is -0.810. The standard InChI is InChI=1S/C6H14N2O3/c1-8(11-3)6(9)7-4-5-10-2/h4-5H2,1-3H3,(H,7,9). The number of ether oxygens (including phenoxy) is 1. The number of carbonyl (C=O) groups excluding carboxylic acids is 1. The number of hydroxylamine groups is 2. The van der Waals surface area contributed by atoms with Gasteiger partial charge in [-0.25, -0.2) is 9.86 Å². The molecular weight excluding hydrogens is 148 g/mol. The van der Waals surface area contributed by atoms with Crippen LogP contribution in [-0.4, -0.2) is 45.5 Å². The predicted octanol–water partition coefficient (Wildman–Crippen LogP) is -0.164. The molecule has 0 heterocycles. The van der Waals surface area contributed by atoms with Crippen LogP contribution in [0.3, 0.4) is 0 Å². The summed E-state index contributed by atoms with van der Waals surface area (Å²) < 4.78 is 4.73. The van der Waals surface area contributed by atoms with Crippen LogP contribution in [0.4, 0.5) is 4.79 Å². The first-order valence-electron chi connectivity index (χ1n) is 3.27. The Balaban J connectivity index is 3.36. The van der Waals surface area contributed by atoms with Gasteiger partial charge in [-0.15, -0.1) is 0 Å². The quantitative estimate of drug-likeness (QED) is 0.461. The fraction of sp³-hybridized carbons (Fsp3) is 0.833. The van der Waals surface area contributed by atoms with Crippen molar-refractivity contribution in [2.75, 3.05) is 34.4 Å². The zero-order valence-electron chi connectivity index (χ0n) is 7.09. The molecule has 5 nitrogen and oxygen atoms in total. The Labute approximate surface area is 66.2 Å². The van der Waals surface area contributed by atoms with Gasteiger partial charge in [-0.2, -0.15) is 0 Å². The van der Waals surface area contributed by atoms with Gasteiger partial charge in [-0.1, -0.05) is 0 Å². The number of amides is 2. The third-order valence-electron chi connectivity index (χ3n) is 1.14. The summed E-state index contributed by atoms with van der Waals surface area (Å²) in [5, 5.41) is 3.68. The molecule has 1 N–H and O–H groups in total. The zero-order valence-corrected chi connectivity index (χ0v) is 7.09. The minimum absolute atomic E-state index is 0.274. The van der Waals surface area contributed by atoms with Crippen LogP contribution in [0.15, 0.2) is 0 Å². The van der Waals surface area contributed by atoms with Gasteiger partial charge in [0.25, 0.3) is 0 Å². The van der Waals surface area contributed by atoms with Crippen LogP contribution in [0, 0.1) is 0 Å². The molecule has 66 valence electrons. The monoisotopic (exact) mass is 162 g/mol. The second kappa shape index (κ2) is 5.94. The summed E-state index contributed by atoms with van der Waals surface area (Å²) in [6.45, 7) is 0.992. The molecule has 0 unspecified atom stereocenters. The lowest BCUT2D eigenvalue weighted by molar-refractivity contribution is -0.0649. The second-order valence-corrected chi connectivity index (χ2v) is 1.90. The molecule has 0 aromatic carbocycles. The topological polar surface area (TPSA) is 50.8 Å². The van der Waals surface area contributed by atoms with Crippen LogP contribution in [0.1, 0.15) is 0 Å². The third kappa shape index (κ3) is 4.58. The summed E-state index contributed by atoms with van der Waals surface area (Å²) in [7, 11) is 4.53. The molecule has 0 aromatic heterocycles. The van der Waals surface area contributed by atoms with Crippen LogP contribution in [0.25, 0.3) is 0 Å². The first kappa shape index (κ1) is 10.2. The van der Waals surface area contributed by atoms with Crippen LogP contribution >= 0.6 is 0 Å². The Morgan fingerprint density at radius 3 is 2.64 bits per heavy atom. The van der Waals surface area contributed by atoms with E-state index in [1.165, 1.54) is 14.2 Å². The van der Waals surface area contributed by atoms with E-state index in [1.807, 2.05) is 0 Å². The van der Waals surface area contributed by atoms with E-state index in [9.17, 15) is 4.79 Å². The number of rotatable bonds is 4. The average Bonchev–Trinajstić information content (AvgIpc) is 2.03. The van der Waals surface area contributed by atoms with Crippen molar-refractivity contribution in [3.05, 3.63) is 0 Å². The largest absolute Gasteiger partial charge is 0.383 e. The molecule has 0 aliphatic carbocycles. The van der Waals surface area contributed by atoms with Gasteiger partial charge in [0.15, 0.2) is 0 Å². The van der Waals surface area contributed by atoms with Crippen LogP contribution in [0.5, 0.6) is 0 Å². The molecule has 2 amide bonds. The Bertz CT molecular complexity index is 118. The molecule has 0 spiro atoms. The third-order valence-corrected chi connectivity index (χ3v) is 1.14. The van der Waals surface area contributed by atoms with Crippen molar-refractivity contribution in [1.29, 1.82) is 0 Å². The molecule has 0 saturated carbocycles. The number of hydrogen-bond donors (Lipinski definition) is 1. The molecule has 0 aromatic rings. The summed E-state index contributed by atoms with van der Waals surface area (Å²) in [4.78, 5) is 15.5. The summed E-state index contributed by atoms with van der Waals surface area (Å²) in [5.74, 6) is 0. The van der Waals surface area contributed by atoms with Crippen molar-refractivity contribution < 1.29 is 14.4 Å². The molecule has 0 radical (unpaired) electrons. The minimum Gasteiger partial charge on any atom is -0.383 e. The SMILES string of the molecule is COCCNC(=O)N(C)OC. The van der Waals surface area contributed by atoms with Gasteiger partial charge >= 0.3 is 6.03 Å². The normalized spacial score (nSPS) is 9.36. The van der Waals surface area contributed by atoms with Crippen LogP contribution < -0.4 is 5.32 Å². The number of urea groups is 1. The summed E-state index contributed by atoms with van der Waals surface area (Å²) in [5.41, 5.74) is 0. The van der Waals surface area contributed by atoms with Gasteiger partial charge in [0.1, 0.15) is 0 Å². The van der Waals surface area contributed by atoms with Gasteiger partial charge in [-0.05, 0) is 0 Å². The lowest BCUT2D eigenvalue weighted by Crippen LogP contribution is -2.37. The lowest BCUT2D eigenvalue weighted by atomic mass is 10.7. The molecule has 0 bridgehead atoms. The van der Waals surface area contributed by atoms with E-state index in [0.29, 0.717) is 13.2 Å². The highest BCUT2D eigenvalue weighted by atomic mass is 16.7. The van der Waals surface area contributed by atoms with Crippen molar-refractivity contribution in [1.82, 2.24) is 10.4 Å². The van der Waals surface area contributed by atoms with E-state index < -0.39 is 0 Å². The highest BCUT2D eigenvalue weighted by molar-refractivity contribution is 5.72. The van der Waals surface area contributed by atoms with Gasteiger partial charge in [0.05, 0.1) is 13.7 Å². The number of nitrogens with zero attached hydrogens (tertiary/aromatic N) is 1. The molecule has 0 rings (SSSR count). The Morgan fingerprint density at radius 1 is 1.55 bits per heavy atom. The number of carbonyl (C=O) groups is 1. The van der Waals surface area contributed by atoms with E-state index in [0.717, 1.165) is 5.06 Å². The summed E-state index contributed by atoms with van der Waals surface area (Å²) in [6, 6.07) is -0.274. The van der Waals surface area contributed by atoms with Gasteiger partial charge in [-0.3, -0.25) is 4.84 Å².